The number of aromatic nitrogens is 2. The van der Waals surface area contributed by atoms with Crippen LogP contribution in [0.5, 0.6) is 0 Å². The zero-order valence-electron chi connectivity index (χ0n) is 10.3. The summed E-state index contributed by atoms with van der Waals surface area (Å²) in [4.78, 5) is 10.4. The van der Waals surface area contributed by atoms with Crippen molar-refractivity contribution in [3.8, 4) is 0 Å². The highest BCUT2D eigenvalue weighted by atomic mass is 16.6. The highest BCUT2D eigenvalue weighted by Crippen LogP contribution is 2.21. The predicted molar refractivity (Wildman–Crippen MR) is 68.4 cm³/mol. The monoisotopic (exact) mass is 246 g/mol. The molecule has 0 saturated heterocycles. The number of hydrogen-bond acceptors (Lipinski definition) is 4. The van der Waals surface area contributed by atoms with E-state index in [0.29, 0.717) is 12.4 Å². The van der Waals surface area contributed by atoms with Crippen molar-refractivity contribution in [2.75, 3.05) is 5.32 Å². The number of rotatable bonds is 4. The van der Waals surface area contributed by atoms with Crippen LogP contribution >= 0.6 is 0 Å². The minimum absolute atomic E-state index is 0.00962. The van der Waals surface area contributed by atoms with E-state index in [1.165, 1.54) is 16.4 Å². The van der Waals surface area contributed by atoms with Gasteiger partial charge in [-0.15, -0.1) is 5.10 Å². The number of nitrogens with zero attached hydrogens (tertiary/aromatic N) is 3. The summed E-state index contributed by atoms with van der Waals surface area (Å²) in [6.45, 7) is 2.53. The van der Waals surface area contributed by atoms with E-state index in [2.05, 4.69) is 10.4 Å². The molecule has 0 aliphatic heterocycles. The molecule has 0 aliphatic rings. The molecule has 94 valence electrons. The van der Waals surface area contributed by atoms with Gasteiger partial charge in [-0.05, 0) is 12.5 Å². The van der Waals surface area contributed by atoms with E-state index in [4.69, 9.17) is 0 Å². The maximum atomic E-state index is 10.8. The van der Waals surface area contributed by atoms with Gasteiger partial charge < -0.3 is 5.32 Å². The Morgan fingerprint density at radius 2 is 2.06 bits per heavy atom. The molecule has 0 saturated carbocycles. The molecule has 2 rings (SSSR count). The van der Waals surface area contributed by atoms with Crippen molar-refractivity contribution in [2.24, 2.45) is 7.05 Å². The van der Waals surface area contributed by atoms with Crippen molar-refractivity contribution in [2.45, 2.75) is 13.5 Å². The normalized spacial score (nSPS) is 10.3. The highest BCUT2D eigenvalue weighted by Gasteiger charge is 2.17. The van der Waals surface area contributed by atoms with E-state index in [0.717, 1.165) is 5.56 Å². The van der Waals surface area contributed by atoms with Gasteiger partial charge in [-0.1, -0.05) is 29.8 Å². The molecule has 0 spiro atoms. The Kier molecular flexibility index (Phi) is 3.27. The largest absolute Gasteiger partial charge is 0.359 e. The SMILES string of the molecule is Cc1ccc(CNc2nn(C)cc2[N+](=O)[O-])cc1. The Morgan fingerprint density at radius 1 is 1.39 bits per heavy atom. The highest BCUT2D eigenvalue weighted by molar-refractivity contribution is 5.54. The first-order valence-corrected chi connectivity index (χ1v) is 5.53. The van der Waals surface area contributed by atoms with Gasteiger partial charge in [0, 0.05) is 13.6 Å². The first-order valence-electron chi connectivity index (χ1n) is 5.53. The topological polar surface area (TPSA) is 73.0 Å². The van der Waals surface area contributed by atoms with Crippen LogP contribution < -0.4 is 5.32 Å². The molecule has 6 heteroatoms. The molecule has 0 fully saturated rings. The maximum absolute atomic E-state index is 10.8. The molecule has 0 unspecified atom stereocenters. The van der Waals surface area contributed by atoms with Crippen molar-refractivity contribution < 1.29 is 4.92 Å². The summed E-state index contributed by atoms with van der Waals surface area (Å²) in [6, 6.07) is 7.97. The van der Waals surface area contributed by atoms with Crippen molar-refractivity contribution in [3.63, 3.8) is 0 Å². The van der Waals surface area contributed by atoms with Gasteiger partial charge in [-0.2, -0.15) is 0 Å². The van der Waals surface area contributed by atoms with E-state index in [-0.39, 0.29) is 5.69 Å². The first kappa shape index (κ1) is 12.1. The van der Waals surface area contributed by atoms with Gasteiger partial charge in [-0.25, -0.2) is 0 Å². The van der Waals surface area contributed by atoms with Crippen LogP contribution in [0, 0.1) is 17.0 Å². The molecule has 1 aromatic carbocycles. The Bertz CT molecular complexity index is 560. The van der Waals surface area contributed by atoms with Crippen LogP contribution in [-0.2, 0) is 13.6 Å². The predicted octanol–water partition coefficient (Wildman–Crippen LogP) is 2.25. The molecule has 1 aromatic heterocycles. The van der Waals surface area contributed by atoms with E-state index >= 15 is 0 Å². The number of nitro groups is 1. The lowest BCUT2D eigenvalue weighted by atomic mass is 10.1. The number of nitrogens with one attached hydrogen (secondary N) is 1. The van der Waals surface area contributed by atoms with Crippen molar-refractivity contribution in [1.82, 2.24) is 9.78 Å². The summed E-state index contributed by atoms with van der Waals surface area (Å²) in [5, 5.41) is 17.8. The molecule has 0 aliphatic carbocycles. The number of aryl methyl sites for hydroxylation is 2. The van der Waals surface area contributed by atoms with Gasteiger partial charge >= 0.3 is 5.69 Å². The summed E-state index contributed by atoms with van der Waals surface area (Å²) < 4.78 is 1.43. The maximum Gasteiger partial charge on any atom is 0.330 e. The van der Waals surface area contributed by atoms with Crippen molar-refractivity contribution in [3.05, 3.63) is 51.7 Å². The summed E-state index contributed by atoms with van der Waals surface area (Å²) in [7, 11) is 1.66. The minimum atomic E-state index is -0.440. The van der Waals surface area contributed by atoms with Gasteiger partial charge in [0.15, 0.2) is 0 Å². The van der Waals surface area contributed by atoms with Gasteiger partial charge in [0.1, 0.15) is 6.20 Å². The first-order chi connectivity index (χ1) is 8.56. The second kappa shape index (κ2) is 4.87. The van der Waals surface area contributed by atoms with Crippen LogP contribution in [0.2, 0.25) is 0 Å². The molecule has 1 N–H and O–H groups in total. The fraction of sp³-hybridized carbons (Fsp3) is 0.250. The smallest absolute Gasteiger partial charge is 0.330 e. The molecule has 0 bridgehead atoms. The van der Waals surface area contributed by atoms with E-state index in [1.807, 2.05) is 31.2 Å². The molecule has 6 nitrogen and oxygen atoms in total. The molecule has 1 heterocycles. The zero-order chi connectivity index (χ0) is 13.1. The number of benzene rings is 1. The van der Waals surface area contributed by atoms with E-state index in [1.54, 1.807) is 7.05 Å². The third kappa shape index (κ3) is 2.65. The van der Waals surface area contributed by atoms with Gasteiger partial charge in [0.05, 0.1) is 4.92 Å². The Hall–Kier alpha value is -2.37. The third-order valence-electron chi connectivity index (χ3n) is 2.59. The van der Waals surface area contributed by atoms with Crippen LogP contribution in [-0.4, -0.2) is 14.7 Å². The molecule has 0 atom stereocenters. The van der Waals surface area contributed by atoms with Crippen LogP contribution in [0.25, 0.3) is 0 Å². The lowest BCUT2D eigenvalue weighted by molar-refractivity contribution is -0.384. The average Bonchev–Trinajstić information content (AvgIpc) is 2.70. The minimum Gasteiger partial charge on any atom is -0.359 e. The lowest BCUT2D eigenvalue weighted by Crippen LogP contribution is -2.02. The quantitative estimate of drug-likeness (QED) is 0.663. The Morgan fingerprint density at radius 3 is 2.67 bits per heavy atom. The van der Waals surface area contributed by atoms with Crippen LogP contribution in [0.4, 0.5) is 11.5 Å². The third-order valence-corrected chi connectivity index (χ3v) is 2.59. The van der Waals surface area contributed by atoms with Crippen molar-refractivity contribution in [1.29, 1.82) is 0 Å². The second-order valence-corrected chi connectivity index (χ2v) is 4.13. The summed E-state index contributed by atoms with van der Waals surface area (Å²) in [5.41, 5.74) is 2.23. The standard InChI is InChI=1S/C12H14N4O2/c1-9-3-5-10(6-4-9)7-13-12-11(16(17)18)8-15(2)14-12/h3-6,8H,7H2,1-2H3,(H,13,14). The molecular weight excluding hydrogens is 232 g/mol. The molecule has 0 amide bonds. The second-order valence-electron chi connectivity index (χ2n) is 4.13. The molecule has 0 radical (unpaired) electrons. The van der Waals surface area contributed by atoms with Gasteiger partial charge in [0.2, 0.25) is 5.82 Å². The van der Waals surface area contributed by atoms with Crippen LogP contribution in [0.1, 0.15) is 11.1 Å². The van der Waals surface area contributed by atoms with Crippen LogP contribution in [0.15, 0.2) is 30.5 Å². The summed E-state index contributed by atoms with van der Waals surface area (Å²) in [6.07, 6.45) is 1.39. The summed E-state index contributed by atoms with van der Waals surface area (Å²) >= 11 is 0. The van der Waals surface area contributed by atoms with E-state index < -0.39 is 4.92 Å². The summed E-state index contributed by atoms with van der Waals surface area (Å²) in [5.74, 6) is 0.295. The Balaban J connectivity index is 2.10. The van der Waals surface area contributed by atoms with E-state index in [9.17, 15) is 10.1 Å². The van der Waals surface area contributed by atoms with Gasteiger partial charge in [0.25, 0.3) is 0 Å². The Labute approximate surface area is 104 Å². The number of anilines is 1. The molecule has 18 heavy (non-hydrogen) atoms. The lowest BCUT2D eigenvalue weighted by Gasteiger charge is -2.03. The average molecular weight is 246 g/mol. The molecular formula is C12H14N4O2. The fourth-order valence-electron chi connectivity index (χ4n) is 1.63. The van der Waals surface area contributed by atoms with Crippen LogP contribution in [0.3, 0.4) is 0 Å². The van der Waals surface area contributed by atoms with Crippen molar-refractivity contribution >= 4 is 11.5 Å². The zero-order valence-corrected chi connectivity index (χ0v) is 10.3. The fourth-order valence-corrected chi connectivity index (χ4v) is 1.63. The molecule has 2 aromatic rings. The van der Waals surface area contributed by atoms with Gasteiger partial charge in [-0.3, -0.25) is 14.8 Å². The number of hydrogen-bond donors (Lipinski definition) is 1.